The highest BCUT2D eigenvalue weighted by Gasteiger charge is 2.14. The Morgan fingerprint density at radius 2 is 2.00 bits per heavy atom. The first-order valence-corrected chi connectivity index (χ1v) is 12.9. The summed E-state index contributed by atoms with van der Waals surface area (Å²) in [5.41, 5.74) is 1.79. The number of hydrogen-bond acceptors (Lipinski definition) is 5. The molecule has 2 aromatic rings. The normalized spacial score (nSPS) is 14.8. The van der Waals surface area contributed by atoms with Gasteiger partial charge in [-0.2, -0.15) is 11.8 Å². The van der Waals surface area contributed by atoms with Gasteiger partial charge in [0.25, 0.3) is 0 Å². The number of halogens is 1. The lowest BCUT2D eigenvalue weighted by Crippen LogP contribution is -2.26. The maximum absolute atomic E-state index is 12.0. The second kappa shape index (κ2) is 11.9. The van der Waals surface area contributed by atoms with Gasteiger partial charge in [0, 0.05) is 28.1 Å². The van der Waals surface area contributed by atoms with E-state index >= 15 is 0 Å². The van der Waals surface area contributed by atoms with E-state index in [4.69, 9.17) is 16.0 Å². The van der Waals surface area contributed by atoms with Crippen LogP contribution in [-0.4, -0.2) is 34.2 Å². The summed E-state index contributed by atoms with van der Waals surface area (Å²) in [6, 6.07) is 7.43. The SMILES string of the molecule is Cc1oc(-c2ccc(Cl)cc2)nc1CSCC(=O)NCCCSC1CCCCC1. The number of nitrogens with zero attached hydrogens (tertiary/aromatic N) is 1. The Balaban J connectivity index is 1.31. The van der Waals surface area contributed by atoms with Gasteiger partial charge >= 0.3 is 0 Å². The van der Waals surface area contributed by atoms with Crippen LogP contribution in [0.4, 0.5) is 0 Å². The van der Waals surface area contributed by atoms with Crippen molar-refractivity contribution in [1.82, 2.24) is 10.3 Å². The molecule has 0 unspecified atom stereocenters. The molecule has 1 N–H and O–H groups in total. The van der Waals surface area contributed by atoms with Crippen LogP contribution in [0.5, 0.6) is 0 Å². The Morgan fingerprint density at radius 1 is 1.24 bits per heavy atom. The van der Waals surface area contributed by atoms with Crippen molar-refractivity contribution in [2.45, 2.75) is 56.5 Å². The van der Waals surface area contributed by atoms with Gasteiger partial charge in [0.05, 0.1) is 11.4 Å². The summed E-state index contributed by atoms with van der Waals surface area (Å²) >= 11 is 9.58. The molecule has 1 aliphatic rings. The number of amides is 1. The molecule has 0 bridgehead atoms. The number of benzene rings is 1. The second-order valence-corrected chi connectivity index (χ2v) is 10.2. The van der Waals surface area contributed by atoms with E-state index < -0.39 is 0 Å². The van der Waals surface area contributed by atoms with Crippen LogP contribution in [0.1, 0.15) is 50.0 Å². The summed E-state index contributed by atoms with van der Waals surface area (Å²) in [5, 5.41) is 4.56. The fourth-order valence-corrected chi connectivity index (χ4v) is 5.64. The Labute approximate surface area is 187 Å². The fourth-order valence-electron chi connectivity index (χ4n) is 3.35. The van der Waals surface area contributed by atoms with E-state index in [0.717, 1.165) is 41.0 Å². The molecule has 4 nitrogen and oxygen atoms in total. The Morgan fingerprint density at radius 3 is 2.76 bits per heavy atom. The van der Waals surface area contributed by atoms with Crippen molar-refractivity contribution in [3.63, 3.8) is 0 Å². The van der Waals surface area contributed by atoms with Crippen LogP contribution in [0.15, 0.2) is 28.7 Å². The third-order valence-electron chi connectivity index (χ3n) is 5.00. The van der Waals surface area contributed by atoms with Gasteiger partial charge in [-0.15, -0.1) is 11.8 Å². The Kier molecular flexibility index (Phi) is 9.28. The maximum Gasteiger partial charge on any atom is 0.230 e. The molecule has 7 heteroatoms. The molecular weight excluding hydrogens is 424 g/mol. The van der Waals surface area contributed by atoms with Crippen molar-refractivity contribution in [2.75, 3.05) is 18.1 Å². The summed E-state index contributed by atoms with van der Waals surface area (Å²) in [4.78, 5) is 16.6. The van der Waals surface area contributed by atoms with Crippen LogP contribution in [0, 0.1) is 6.92 Å². The van der Waals surface area contributed by atoms with Crippen LogP contribution in [-0.2, 0) is 10.5 Å². The van der Waals surface area contributed by atoms with Crippen molar-refractivity contribution in [3.05, 3.63) is 40.7 Å². The van der Waals surface area contributed by atoms with Gasteiger partial charge < -0.3 is 9.73 Å². The summed E-state index contributed by atoms with van der Waals surface area (Å²) in [6.07, 6.45) is 7.96. The van der Waals surface area contributed by atoms with Gasteiger partial charge in [-0.1, -0.05) is 30.9 Å². The van der Waals surface area contributed by atoms with Gasteiger partial charge in [-0.3, -0.25) is 4.79 Å². The van der Waals surface area contributed by atoms with Gasteiger partial charge in [0.2, 0.25) is 11.8 Å². The van der Waals surface area contributed by atoms with Crippen LogP contribution >= 0.6 is 35.1 Å². The number of carbonyl (C=O) groups is 1. The van der Waals surface area contributed by atoms with Gasteiger partial charge in [0.1, 0.15) is 5.76 Å². The summed E-state index contributed by atoms with van der Waals surface area (Å²) in [5.74, 6) is 3.73. The molecular formula is C22H29ClN2O2S2. The number of carbonyl (C=O) groups excluding carboxylic acids is 1. The molecule has 0 aliphatic heterocycles. The van der Waals surface area contributed by atoms with E-state index in [1.54, 1.807) is 11.8 Å². The van der Waals surface area contributed by atoms with Crippen molar-refractivity contribution < 1.29 is 9.21 Å². The first kappa shape index (κ1) is 22.6. The molecule has 1 saturated carbocycles. The van der Waals surface area contributed by atoms with Crippen molar-refractivity contribution >= 4 is 41.0 Å². The third-order valence-corrected chi connectivity index (χ3v) is 7.67. The zero-order valence-electron chi connectivity index (χ0n) is 16.9. The second-order valence-electron chi connectivity index (χ2n) is 7.36. The van der Waals surface area contributed by atoms with Crippen molar-refractivity contribution in [2.24, 2.45) is 0 Å². The van der Waals surface area contributed by atoms with Crippen LogP contribution in [0.25, 0.3) is 11.5 Å². The monoisotopic (exact) mass is 452 g/mol. The van der Waals surface area contributed by atoms with E-state index in [9.17, 15) is 4.79 Å². The lowest BCUT2D eigenvalue weighted by Gasteiger charge is -2.20. The zero-order valence-corrected chi connectivity index (χ0v) is 19.3. The molecule has 158 valence electrons. The van der Waals surface area contributed by atoms with Gasteiger partial charge in [0.15, 0.2) is 0 Å². The number of thioether (sulfide) groups is 2. The molecule has 1 heterocycles. The Hall–Kier alpha value is -1.11. The largest absolute Gasteiger partial charge is 0.441 e. The highest BCUT2D eigenvalue weighted by atomic mass is 35.5. The smallest absolute Gasteiger partial charge is 0.230 e. The van der Waals surface area contributed by atoms with Crippen LogP contribution in [0.3, 0.4) is 0 Å². The molecule has 1 aromatic heterocycles. The van der Waals surface area contributed by atoms with Gasteiger partial charge in [-0.25, -0.2) is 4.98 Å². The number of oxazole rings is 1. The topological polar surface area (TPSA) is 55.1 Å². The number of hydrogen-bond donors (Lipinski definition) is 1. The van der Waals surface area contributed by atoms with E-state index in [1.807, 2.05) is 31.2 Å². The first-order chi connectivity index (χ1) is 14.1. The quantitative estimate of drug-likeness (QED) is 0.441. The van der Waals surface area contributed by atoms with Crippen LogP contribution < -0.4 is 5.32 Å². The number of rotatable bonds is 10. The molecule has 1 aromatic carbocycles. The minimum Gasteiger partial charge on any atom is -0.441 e. The lowest BCUT2D eigenvalue weighted by atomic mass is 10.0. The van der Waals surface area contributed by atoms with Crippen molar-refractivity contribution in [3.8, 4) is 11.5 Å². The number of aryl methyl sites for hydroxylation is 1. The molecule has 0 radical (unpaired) electrons. The standard InChI is InChI=1S/C22H29ClN2O2S2/c1-16-20(25-22(27-16)17-8-10-18(23)11-9-17)14-28-15-21(26)24-12-5-13-29-19-6-3-2-4-7-19/h8-11,19H,2-7,12-15H2,1H3,(H,24,26). The highest BCUT2D eigenvalue weighted by Crippen LogP contribution is 2.28. The zero-order chi connectivity index (χ0) is 20.5. The van der Waals surface area contributed by atoms with E-state index in [0.29, 0.717) is 22.4 Å². The predicted octanol–water partition coefficient (Wildman–Crippen LogP) is 6.11. The molecule has 29 heavy (non-hydrogen) atoms. The average Bonchev–Trinajstić information content (AvgIpc) is 3.09. The molecule has 0 spiro atoms. The molecule has 3 rings (SSSR count). The highest BCUT2D eigenvalue weighted by molar-refractivity contribution is 7.99. The molecule has 1 aliphatic carbocycles. The molecule has 0 atom stereocenters. The number of nitrogens with one attached hydrogen (secondary N) is 1. The van der Waals surface area contributed by atoms with E-state index in [2.05, 4.69) is 22.1 Å². The molecule has 0 saturated heterocycles. The molecule has 1 fully saturated rings. The average molecular weight is 453 g/mol. The summed E-state index contributed by atoms with van der Waals surface area (Å²) < 4.78 is 5.77. The number of aromatic nitrogens is 1. The van der Waals surface area contributed by atoms with E-state index in [-0.39, 0.29) is 5.91 Å². The van der Waals surface area contributed by atoms with E-state index in [1.165, 1.54) is 32.1 Å². The third kappa shape index (κ3) is 7.58. The minimum atomic E-state index is 0.0942. The first-order valence-electron chi connectivity index (χ1n) is 10.3. The lowest BCUT2D eigenvalue weighted by molar-refractivity contribution is -0.118. The summed E-state index contributed by atoms with van der Waals surface area (Å²) in [7, 11) is 0. The maximum atomic E-state index is 12.0. The van der Waals surface area contributed by atoms with Crippen LogP contribution in [0.2, 0.25) is 5.02 Å². The summed E-state index contributed by atoms with van der Waals surface area (Å²) in [6.45, 7) is 2.68. The molecule has 1 amide bonds. The van der Waals surface area contributed by atoms with Crippen molar-refractivity contribution in [1.29, 1.82) is 0 Å². The fraction of sp³-hybridized carbons (Fsp3) is 0.545. The van der Waals surface area contributed by atoms with Gasteiger partial charge in [-0.05, 0) is 56.2 Å². The predicted molar refractivity (Wildman–Crippen MR) is 125 cm³/mol. The minimum absolute atomic E-state index is 0.0942. The Bertz CT molecular complexity index is 774.